The molecule has 0 radical (unpaired) electrons. The highest BCUT2D eigenvalue weighted by molar-refractivity contribution is 6.31. The molecule has 1 aliphatic rings. The Kier molecular flexibility index (Phi) is 7.66. The van der Waals surface area contributed by atoms with Gasteiger partial charge in [0.1, 0.15) is 5.54 Å². The Balaban J connectivity index is 1.76. The van der Waals surface area contributed by atoms with Crippen molar-refractivity contribution in [2.45, 2.75) is 51.5 Å². The van der Waals surface area contributed by atoms with Gasteiger partial charge in [-0.15, -0.1) is 0 Å². The summed E-state index contributed by atoms with van der Waals surface area (Å²) >= 11 is 12.4. The van der Waals surface area contributed by atoms with Crippen LogP contribution in [0.2, 0.25) is 10.0 Å². The summed E-state index contributed by atoms with van der Waals surface area (Å²) in [5.41, 5.74) is 1.68. The Labute approximate surface area is 194 Å². The molecule has 31 heavy (non-hydrogen) atoms. The topological polar surface area (TPSA) is 55.4 Å². The van der Waals surface area contributed by atoms with E-state index in [-0.39, 0.29) is 18.3 Å². The molecule has 0 bridgehead atoms. The van der Waals surface area contributed by atoms with Gasteiger partial charge in [0.15, 0.2) is 0 Å². The number of rotatable bonds is 6. The summed E-state index contributed by atoms with van der Waals surface area (Å²) in [6.07, 6.45) is 3.05. The summed E-state index contributed by atoms with van der Waals surface area (Å²) in [5, 5.41) is 4.18. The first-order chi connectivity index (χ1) is 14.7. The number of nitrogens with one attached hydrogen (secondary N) is 1. The normalized spacial score (nSPS) is 21.0. The molecular formula is C25H29Cl2NO3. The first-order valence-electron chi connectivity index (χ1n) is 10.7. The summed E-state index contributed by atoms with van der Waals surface area (Å²) in [6.45, 7) is 4.40. The molecular weight excluding hydrogens is 433 g/mol. The largest absolute Gasteiger partial charge is 0.467 e. The van der Waals surface area contributed by atoms with E-state index >= 15 is 0 Å². The van der Waals surface area contributed by atoms with Gasteiger partial charge in [-0.05, 0) is 78.5 Å². The lowest BCUT2D eigenvalue weighted by Gasteiger charge is -2.39. The average Bonchev–Trinajstić information content (AvgIpc) is 2.75. The van der Waals surface area contributed by atoms with Crippen LogP contribution in [0.25, 0.3) is 11.1 Å². The Hall–Kier alpha value is -2.04. The third-order valence-corrected chi connectivity index (χ3v) is 6.98. The van der Waals surface area contributed by atoms with E-state index in [0.717, 1.165) is 24.0 Å². The van der Waals surface area contributed by atoms with Gasteiger partial charge in [-0.1, -0.05) is 55.2 Å². The molecule has 0 aliphatic heterocycles. The molecule has 0 spiro atoms. The Morgan fingerprint density at radius 2 is 1.68 bits per heavy atom. The maximum absolute atomic E-state index is 13.0. The fourth-order valence-electron chi connectivity index (χ4n) is 4.39. The summed E-state index contributed by atoms with van der Waals surface area (Å²) in [4.78, 5) is 25.6. The van der Waals surface area contributed by atoms with Crippen LogP contribution in [0.3, 0.4) is 0 Å². The maximum atomic E-state index is 13.0. The van der Waals surface area contributed by atoms with Crippen molar-refractivity contribution in [2.24, 2.45) is 11.8 Å². The Bertz CT molecular complexity index is 932. The number of ether oxygens (including phenoxy) is 1. The van der Waals surface area contributed by atoms with Crippen LogP contribution in [0.4, 0.5) is 0 Å². The van der Waals surface area contributed by atoms with E-state index in [0.29, 0.717) is 40.3 Å². The summed E-state index contributed by atoms with van der Waals surface area (Å²) in [5.74, 6) is 0.508. The second kappa shape index (κ2) is 10.1. The van der Waals surface area contributed by atoms with E-state index in [1.165, 1.54) is 7.11 Å². The van der Waals surface area contributed by atoms with E-state index < -0.39 is 5.54 Å². The van der Waals surface area contributed by atoms with Gasteiger partial charge in [0.2, 0.25) is 5.91 Å². The lowest BCUT2D eigenvalue weighted by atomic mass is 9.72. The minimum absolute atomic E-state index is 0.0899. The Morgan fingerprint density at radius 1 is 1.06 bits per heavy atom. The molecule has 0 unspecified atom stereocenters. The number of carbonyl (C=O) groups excluding carboxylic acids is 2. The highest BCUT2D eigenvalue weighted by atomic mass is 35.5. The van der Waals surface area contributed by atoms with Gasteiger partial charge in [-0.25, -0.2) is 4.79 Å². The molecule has 166 valence electrons. The van der Waals surface area contributed by atoms with Gasteiger partial charge in [0, 0.05) is 10.0 Å². The number of amides is 1. The van der Waals surface area contributed by atoms with Crippen molar-refractivity contribution in [3.8, 4) is 11.1 Å². The molecule has 4 nitrogen and oxygen atoms in total. The fourth-order valence-corrected chi connectivity index (χ4v) is 4.70. The van der Waals surface area contributed by atoms with Crippen molar-refractivity contribution >= 4 is 35.1 Å². The molecule has 1 fully saturated rings. The number of esters is 1. The first-order valence-corrected chi connectivity index (χ1v) is 11.4. The molecule has 6 heteroatoms. The predicted molar refractivity (Wildman–Crippen MR) is 125 cm³/mol. The van der Waals surface area contributed by atoms with Gasteiger partial charge in [0.25, 0.3) is 0 Å². The molecule has 0 saturated heterocycles. The molecule has 1 aliphatic carbocycles. The molecule has 1 amide bonds. The van der Waals surface area contributed by atoms with Gasteiger partial charge in [-0.2, -0.15) is 0 Å². The number of halogens is 2. The minimum Gasteiger partial charge on any atom is -0.467 e. The van der Waals surface area contributed by atoms with Crippen LogP contribution in [0, 0.1) is 11.8 Å². The molecule has 2 aromatic rings. The van der Waals surface area contributed by atoms with Gasteiger partial charge in [0.05, 0.1) is 13.5 Å². The molecule has 0 aromatic heterocycles. The van der Waals surface area contributed by atoms with Crippen molar-refractivity contribution in [3.63, 3.8) is 0 Å². The molecule has 0 atom stereocenters. The zero-order chi connectivity index (χ0) is 22.6. The Morgan fingerprint density at radius 3 is 2.26 bits per heavy atom. The third-order valence-electron chi connectivity index (χ3n) is 6.36. The van der Waals surface area contributed by atoms with Crippen molar-refractivity contribution in [1.82, 2.24) is 5.32 Å². The first kappa shape index (κ1) is 23.6. The number of methoxy groups -OCH3 is 1. The van der Waals surface area contributed by atoms with Crippen LogP contribution in [-0.2, 0) is 20.7 Å². The SMILES string of the molecule is COC(=O)[C@]1(NC(=O)Cc2cc(-c3ccc(Cl)cc3)ccc2Cl)CC[C@@H](C(C)C)CC1. The number of hydrogen-bond acceptors (Lipinski definition) is 3. The lowest BCUT2D eigenvalue weighted by Crippen LogP contribution is -2.57. The third kappa shape index (κ3) is 5.61. The number of benzene rings is 2. The smallest absolute Gasteiger partial charge is 0.331 e. The van der Waals surface area contributed by atoms with Crippen molar-refractivity contribution < 1.29 is 14.3 Å². The molecule has 3 rings (SSSR count). The molecule has 0 heterocycles. The summed E-state index contributed by atoms with van der Waals surface area (Å²) in [6, 6.07) is 13.1. The lowest BCUT2D eigenvalue weighted by molar-refractivity contribution is -0.153. The quantitative estimate of drug-likeness (QED) is 0.530. The predicted octanol–water partition coefficient (Wildman–Crippen LogP) is 6.08. The van der Waals surface area contributed by atoms with E-state index in [2.05, 4.69) is 19.2 Å². The van der Waals surface area contributed by atoms with Crippen LogP contribution in [0.15, 0.2) is 42.5 Å². The van der Waals surface area contributed by atoms with E-state index in [9.17, 15) is 9.59 Å². The number of carbonyl (C=O) groups is 2. The van der Waals surface area contributed by atoms with Crippen molar-refractivity contribution in [1.29, 1.82) is 0 Å². The van der Waals surface area contributed by atoms with E-state index in [4.69, 9.17) is 27.9 Å². The minimum atomic E-state index is -0.961. The standard InChI is InChI=1S/C25H29Cl2NO3/c1-16(2)17-10-12-25(13-11-17,24(30)31-3)28-23(29)15-20-14-19(6-9-22(20)27)18-4-7-21(26)8-5-18/h4-9,14,16-17H,10-13,15H2,1-3H3,(H,28,29)/t17-,25+. The fraction of sp³-hybridized carbons (Fsp3) is 0.440. The van der Waals surface area contributed by atoms with E-state index in [1.807, 2.05) is 36.4 Å². The van der Waals surface area contributed by atoms with Crippen LogP contribution in [0.1, 0.15) is 45.1 Å². The summed E-state index contributed by atoms with van der Waals surface area (Å²) < 4.78 is 5.06. The van der Waals surface area contributed by atoms with Gasteiger partial charge in [-0.3, -0.25) is 4.79 Å². The van der Waals surface area contributed by atoms with Gasteiger partial charge >= 0.3 is 5.97 Å². The second-order valence-corrected chi connectivity index (χ2v) is 9.54. The zero-order valence-corrected chi connectivity index (χ0v) is 19.7. The second-order valence-electron chi connectivity index (χ2n) is 8.69. The monoisotopic (exact) mass is 461 g/mol. The van der Waals surface area contributed by atoms with Crippen molar-refractivity contribution in [2.75, 3.05) is 7.11 Å². The van der Waals surface area contributed by atoms with Crippen LogP contribution < -0.4 is 5.32 Å². The molecule has 1 N–H and O–H groups in total. The maximum Gasteiger partial charge on any atom is 0.331 e. The van der Waals surface area contributed by atoms with E-state index in [1.54, 1.807) is 6.07 Å². The van der Waals surface area contributed by atoms with Crippen LogP contribution in [0.5, 0.6) is 0 Å². The highest BCUT2D eigenvalue weighted by Crippen LogP contribution is 2.37. The molecule has 2 aromatic carbocycles. The highest BCUT2D eigenvalue weighted by Gasteiger charge is 2.44. The summed E-state index contributed by atoms with van der Waals surface area (Å²) in [7, 11) is 1.37. The van der Waals surface area contributed by atoms with Crippen molar-refractivity contribution in [3.05, 3.63) is 58.1 Å². The average molecular weight is 462 g/mol. The molecule has 1 saturated carbocycles. The van der Waals surface area contributed by atoms with Crippen LogP contribution in [-0.4, -0.2) is 24.5 Å². The van der Waals surface area contributed by atoms with Gasteiger partial charge < -0.3 is 10.1 Å². The zero-order valence-electron chi connectivity index (χ0n) is 18.2. The number of hydrogen-bond donors (Lipinski definition) is 1. The van der Waals surface area contributed by atoms with Crippen LogP contribution >= 0.6 is 23.2 Å².